The summed E-state index contributed by atoms with van der Waals surface area (Å²) in [6, 6.07) is 32.5. The number of rotatable bonds is 10. The van der Waals surface area contributed by atoms with Crippen LogP contribution in [0.15, 0.2) is 91.0 Å². The van der Waals surface area contributed by atoms with Gasteiger partial charge in [-0.15, -0.1) is 23.2 Å². The van der Waals surface area contributed by atoms with Gasteiger partial charge in [0.25, 0.3) is 0 Å². The standard InChI is InChI=1S/C25H27Cl2N/c26-17-20-28(21-18-27)19-16-25(22-10-4-1-5-11-22,23-12-6-2-7-13-23)24-14-8-3-9-15-24/h1-15H,16-21H2. The molecule has 28 heavy (non-hydrogen) atoms. The topological polar surface area (TPSA) is 3.24 Å². The summed E-state index contributed by atoms with van der Waals surface area (Å²) in [4.78, 5) is 2.36. The van der Waals surface area contributed by atoms with E-state index in [9.17, 15) is 0 Å². The van der Waals surface area contributed by atoms with E-state index in [2.05, 4.69) is 95.9 Å². The molecule has 3 heteroatoms. The van der Waals surface area contributed by atoms with Crippen molar-refractivity contribution in [3.63, 3.8) is 0 Å². The normalized spacial score (nSPS) is 11.7. The van der Waals surface area contributed by atoms with Gasteiger partial charge >= 0.3 is 0 Å². The van der Waals surface area contributed by atoms with Crippen LogP contribution in [0.4, 0.5) is 0 Å². The molecule has 0 saturated carbocycles. The van der Waals surface area contributed by atoms with E-state index < -0.39 is 0 Å². The Labute approximate surface area is 178 Å². The number of benzene rings is 3. The molecule has 0 bridgehead atoms. The predicted octanol–water partition coefficient (Wildman–Crippen LogP) is 6.19. The van der Waals surface area contributed by atoms with Gasteiger partial charge in [0.05, 0.1) is 0 Å². The van der Waals surface area contributed by atoms with Crippen LogP contribution in [0.25, 0.3) is 0 Å². The molecule has 0 atom stereocenters. The fraction of sp³-hybridized carbons (Fsp3) is 0.280. The summed E-state index contributed by atoms with van der Waals surface area (Å²) in [6.45, 7) is 2.63. The molecule has 0 heterocycles. The second-order valence-corrected chi connectivity index (χ2v) is 7.73. The Morgan fingerprint density at radius 3 is 1.21 bits per heavy atom. The third kappa shape index (κ3) is 4.78. The zero-order valence-electron chi connectivity index (χ0n) is 16.1. The minimum Gasteiger partial charge on any atom is -0.301 e. The Morgan fingerprint density at radius 2 is 0.893 bits per heavy atom. The third-order valence-electron chi connectivity index (χ3n) is 5.40. The Kier molecular flexibility index (Phi) is 7.97. The van der Waals surface area contributed by atoms with Crippen LogP contribution in [0.1, 0.15) is 23.1 Å². The van der Waals surface area contributed by atoms with Gasteiger partial charge in [0.2, 0.25) is 0 Å². The number of nitrogens with zero attached hydrogens (tertiary/aromatic N) is 1. The first kappa shape index (κ1) is 20.9. The van der Waals surface area contributed by atoms with Crippen molar-refractivity contribution in [3.05, 3.63) is 108 Å². The van der Waals surface area contributed by atoms with Crippen molar-refractivity contribution in [1.29, 1.82) is 0 Å². The number of halogens is 2. The summed E-state index contributed by atoms with van der Waals surface area (Å²) in [6.07, 6.45) is 0.957. The molecule has 0 saturated heterocycles. The molecular weight excluding hydrogens is 385 g/mol. The third-order valence-corrected chi connectivity index (χ3v) is 5.74. The van der Waals surface area contributed by atoms with Crippen molar-refractivity contribution in [2.45, 2.75) is 11.8 Å². The highest BCUT2D eigenvalue weighted by molar-refractivity contribution is 6.18. The van der Waals surface area contributed by atoms with Crippen LogP contribution < -0.4 is 0 Å². The van der Waals surface area contributed by atoms with Crippen molar-refractivity contribution in [2.75, 3.05) is 31.4 Å². The molecule has 3 aromatic carbocycles. The molecule has 0 aromatic heterocycles. The fourth-order valence-corrected chi connectivity index (χ4v) is 4.48. The Balaban J connectivity index is 2.11. The molecule has 0 radical (unpaired) electrons. The highest BCUT2D eigenvalue weighted by Crippen LogP contribution is 2.42. The lowest BCUT2D eigenvalue weighted by Crippen LogP contribution is -2.37. The minimum atomic E-state index is -0.222. The maximum atomic E-state index is 6.05. The largest absolute Gasteiger partial charge is 0.301 e. The predicted molar refractivity (Wildman–Crippen MR) is 122 cm³/mol. The quantitative estimate of drug-likeness (QED) is 0.283. The SMILES string of the molecule is ClCCN(CCCl)CCC(c1ccccc1)(c1ccccc1)c1ccccc1. The van der Waals surface area contributed by atoms with Gasteiger partial charge in [-0.05, 0) is 29.7 Å². The van der Waals surface area contributed by atoms with Gasteiger partial charge in [-0.1, -0.05) is 91.0 Å². The first-order valence-electron chi connectivity index (χ1n) is 9.82. The van der Waals surface area contributed by atoms with Crippen LogP contribution in [0.2, 0.25) is 0 Å². The van der Waals surface area contributed by atoms with Crippen LogP contribution in [0, 0.1) is 0 Å². The fourth-order valence-electron chi connectivity index (χ4n) is 4.00. The lowest BCUT2D eigenvalue weighted by atomic mass is 9.67. The van der Waals surface area contributed by atoms with Crippen LogP contribution in [-0.2, 0) is 5.41 Å². The Bertz CT molecular complexity index is 703. The van der Waals surface area contributed by atoms with Crippen LogP contribution in [0.5, 0.6) is 0 Å². The van der Waals surface area contributed by atoms with E-state index in [1.54, 1.807) is 0 Å². The molecule has 1 nitrogen and oxygen atoms in total. The van der Waals surface area contributed by atoms with E-state index in [0.29, 0.717) is 11.8 Å². The lowest BCUT2D eigenvalue weighted by molar-refractivity contribution is 0.284. The zero-order chi connectivity index (χ0) is 19.7. The Morgan fingerprint density at radius 1 is 0.536 bits per heavy atom. The first-order valence-corrected chi connectivity index (χ1v) is 10.9. The van der Waals surface area contributed by atoms with Gasteiger partial charge in [0, 0.05) is 30.3 Å². The number of alkyl halides is 2. The monoisotopic (exact) mass is 411 g/mol. The smallest absolute Gasteiger partial charge is 0.0463 e. The zero-order valence-corrected chi connectivity index (χ0v) is 17.6. The molecule has 0 fully saturated rings. The second kappa shape index (κ2) is 10.7. The molecule has 0 aliphatic carbocycles. The average Bonchev–Trinajstić information content (AvgIpc) is 2.77. The molecule has 0 aliphatic rings. The van der Waals surface area contributed by atoms with Crippen LogP contribution in [0.3, 0.4) is 0 Å². The molecule has 0 N–H and O–H groups in total. The van der Waals surface area contributed by atoms with Gasteiger partial charge in [-0.3, -0.25) is 0 Å². The maximum absolute atomic E-state index is 6.05. The van der Waals surface area contributed by atoms with E-state index >= 15 is 0 Å². The summed E-state index contributed by atoms with van der Waals surface area (Å²) in [5.74, 6) is 1.23. The highest BCUT2D eigenvalue weighted by Gasteiger charge is 2.36. The summed E-state index contributed by atoms with van der Waals surface area (Å²) < 4.78 is 0. The van der Waals surface area contributed by atoms with Gasteiger partial charge in [-0.25, -0.2) is 0 Å². The molecule has 0 unspecified atom stereocenters. The first-order chi connectivity index (χ1) is 13.8. The van der Waals surface area contributed by atoms with Crippen LogP contribution in [-0.4, -0.2) is 36.3 Å². The van der Waals surface area contributed by atoms with Gasteiger partial charge in [-0.2, -0.15) is 0 Å². The van der Waals surface area contributed by atoms with Crippen LogP contribution >= 0.6 is 23.2 Å². The van der Waals surface area contributed by atoms with E-state index in [4.69, 9.17) is 23.2 Å². The summed E-state index contributed by atoms with van der Waals surface area (Å²) in [7, 11) is 0. The van der Waals surface area contributed by atoms with Gasteiger partial charge < -0.3 is 4.90 Å². The minimum absolute atomic E-state index is 0.222. The van der Waals surface area contributed by atoms with Crippen molar-refractivity contribution in [2.24, 2.45) is 0 Å². The molecule has 0 aliphatic heterocycles. The molecule has 146 valence electrons. The summed E-state index contributed by atoms with van der Waals surface area (Å²) in [5, 5.41) is 0. The molecule has 3 rings (SSSR count). The lowest BCUT2D eigenvalue weighted by Gasteiger charge is -2.38. The van der Waals surface area contributed by atoms with E-state index in [-0.39, 0.29) is 5.41 Å². The number of hydrogen-bond acceptors (Lipinski definition) is 1. The molecule has 0 amide bonds. The van der Waals surface area contributed by atoms with E-state index in [0.717, 1.165) is 26.1 Å². The Hall–Kier alpha value is -1.80. The summed E-state index contributed by atoms with van der Waals surface area (Å²) >= 11 is 12.1. The van der Waals surface area contributed by atoms with Crippen molar-refractivity contribution in [3.8, 4) is 0 Å². The van der Waals surface area contributed by atoms with Crippen molar-refractivity contribution < 1.29 is 0 Å². The van der Waals surface area contributed by atoms with Gasteiger partial charge in [0.1, 0.15) is 0 Å². The van der Waals surface area contributed by atoms with E-state index in [1.807, 2.05) is 0 Å². The summed E-state index contributed by atoms with van der Waals surface area (Å²) in [5.41, 5.74) is 3.71. The number of hydrogen-bond donors (Lipinski definition) is 0. The van der Waals surface area contributed by atoms with E-state index in [1.165, 1.54) is 16.7 Å². The maximum Gasteiger partial charge on any atom is 0.0463 e. The second-order valence-electron chi connectivity index (χ2n) is 6.97. The van der Waals surface area contributed by atoms with Gasteiger partial charge in [0.15, 0.2) is 0 Å². The highest BCUT2D eigenvalue weighted by atomic mass is 35.5. The molecular formula is C25H27Cl2N. The molecule has 3 aromatic rings. The van der Waals surface area contributed by atoms with Crippen molar-refractivity contribution in [1.82, 2.24) is 4.90 Å². The van der Waals surface area contributed by atoms with Crippen molar-refractivity contribution >= 4 is 23.2 Å². The molecule has 0 spiro atoms. The average molecular weight is 412 g/mol.